The van der Waals surface area contributed by atoms with E-state index >= 15 is 0 Å². The van der Waals surface area contributed by atoms with Gasteiger partial charge >= 0.3 is 5.97 Å². The zero-order chi connectivity index (χ0) is 16.5. The lowest BCUT2D eigenvalue weighted by molar-refractivity contribution is -0.144. The number of hydrogen-bond acceptors (Lipinski definition) is 5. The number of esters is 1. The second-order valence-electron chi connectivity index (χ2n) is 4.51. The highest BCUT2D eigenvalue weighted by Crippen LogP contribution is 2.15. The van der Waals surface area contributed by atoms with Gasteiger partial charge < -0.3 is 19.2 Å². The fraction of sp³-hybridized carbons (Fsp3) is 0.250. The van der Waals surface area contributed by atoms with E-state index < -0.39 is 5.97 Å². The summed E-state index contributed by atoms with van der Waals surface area (Å²) in [6.45, 7) is 0.610. The van der Waals surface area contributed by atoms with E-state index in [1.54, 1.807) is 12.1 Å². The summed E-state index contributed by atoms with van der Waals surface area (Å²) >= 11 is 3.33. The molecule has 0 spiro atoms. The van der Waals surface area contributed by atoms with Gasteiger partial charge in [0.15, 0.2) is 5.76 Å². The first-order chi connectivity index (χ1) is 11.1. The highest BCUT2D eigenvalue weighted by molar-refractivity contribution is 9.10. The van der Waals surface area contributed by atoms with Crippen molar-refractivity contribution >= 4 is 27.8 Å². The van der Waals surface area contributed by atoms with Gasteiger partial charge in [0.05, 0.1) is 12.7 Å². The predicted molar refractivity (Wildman–Crippen MR) is 86.3 cm³/mol. The molecule has 6 nitrogen and oxygen atoms in total. The van der Waals surface area contributed by atoms with Crippen LogP contribution in [-0.2, 0) is 9.53 Å². The first-order valence-corrected chi connectivity index (χ1v) is 7.80. The first kappa shape index (κ1) is 17.1. The standard InChI is InChI=1S/C16H16BrNO5/c17-12-3-5-13(6-4-12)21-10-11-23-15(19)7-8-18-16(20)14-2-1-9-22-14/h1-6,9H,7-8,10-11H2,(H,18,20). The number of halogens is 1. The minimum atomic E-state index is -0.399. The van der Waals surface area contributed by atoms with Crippen LogP contribution in [0.1, 0.15) is 17.0 Å². The summed E-state index contributed by atoms with van der Waals surface area (Å²) in [5.41, 5.74) is 0. The molecule has 0 radical (unpaired) electrons. The van der Waals surface area contributed by atoms with Crippen LogP contribution in [0, 0.1) is 0 Å². The molecule has 23 heavy (non-hydrogen) atoms. The van der Waals surface area contributed by atoms with E-state index in [1.165, 1.54) is 6.26 Å². The molecular formula is C16H16BrNO5. The number of rotatable bonds is 8. The van der Waals surface area contributed by atoms with E-state index in [2.05, 4.69) is 21.2 Å². The summed E-state index contributed by atoms with van der Waals surface area (Å²) in [5, 5.41) is 2.57. The molecule has 2 aromatic rings. The molecule has 0 fully saturated rings. The van der Waals surface area contributed by atoms with Gasteiger partial charge in [0.25, 0.3) is 5.91 Å². The Balaban J connectivity index is 1.55. The number of benzene rings is 1. The lowest BCUT2D eigenvalue weighted by atomic mass is 10.3. The molecule has 2 rings (SSSR count). The molecule has 1 aromatic heterocycles. The monoisotopic (exact) mass is 381 g/mol. The third-order valence-electron chi connectivity index (χ3n) is 2.79. The van der Waals surface area contributed by atoms with Gasteiger partial charge in [0, 0.05) is 11.0 Å². The molecule has 0 bridgehead atoms. The van der Waals surface area contributed by atoms with E-state index in [9.17, 15) is 9.59 Å². The zero-order valence-corrected chi connectivity index (χ0v) is 13.9. The van der Waals surface area contributed by atoms with Crippen LogP contribution in [0.15, 0.2) is 51.6 Å². The summed E-state index contributed by atoms with van der Waals surface area (Å²) in [6.07, 6.45) is 1.50. The fourth-order valence-electron chi connectivity index (χ4n) is 1.69. The van der Waals surface area contributed by atoms with E-state index in [0.717, 1.165) is 4.47 Å². The number of carbonyl (C=O) groups is 2. The van der Waals surface area contributed by atoms with Gasteiger partial charge in [-0.1, -0.05) is 15.9 Å². The van der Waals surface area contributed by atoms with Crippen LogP contribution in [0.5, 0.6) is 5.75 Å². The quantitative estimate of drug-likeness (QED) is 0.561. The van der Waals surface area contributed by atoms with Gasteiger partial charge in [-0.3, -0.25) is 9.59 Å². The number of nitrogens with one attached hydrogen (secondary N) is 1. The normalized spacial score (nSPS) is 10.1. The predicted octanol–water partition coefficient (Wildman–Crippen LogP) is 2.78. The van der Waals surface area contributed by atoms with Gasteiger partial charge in [-0.15, -0.1) is 0 Å². The molecule has 1 N–H and O–H groups in total. The average Bonchev–Trinajstić information content (AvgIpc) is 3.08. The fourth-order valence-corrected chi connectivity index (χ4v) is 1.96. The van der Waals surface area contributed by atoms with Gasteiger partial charge in [-0.2, -0.15) is 0 Å². The summed E-state index contributed by atoms with van der Waals surface area (Å²) in [7, 11) is 0. The highest BCUT2D eigenvalue weighted by Gasteiger charge is 2.09. The van der Waals surface area contributed by atoms with Crippen molar-refractivity contribution in [3.63, 3.8) is 0 Å². The Morgan fingerprint density at radius 1 is 1.13 bits per heavy atom. The van der Waals surface area contributed by atoms with Crippen molar-refractivity contribution in [2.24, 2.45) is 0 Å². The van der Waals surface area contributed by atoms with E-state index in [-0.39, 0.29) is 37.8 Å². The van der Waals surface area contributed by atoms with Crippen LogP contribution < -0.4 is 10.1 Å². The maximum atomic E-state index is 11.5. The summed E-state index contributed by atoms with van der Waals surface area (Å²) in [5.74, 6) is 0.154. The Bertz CT molecular complexity index is 624. The molecule has 122 valence electrons. The number of amides is 1. The number of carbonyl (C=O) groups excluding carboxylic acids is 2. The zero-order valence-electron chi connectivity index (χ0n) is 12.3. The summed E-state index contributed by atoms with van der Waals surface area (Å²) in [4.78, 5) is 23.1. The Morgan fingerprint density at radius 3 is 2.61 bits per heavy atom. The second-order valence-corrected chi connectivity index (χ2v) is 5.42. The molecule has 0 saturated heterocycles. The summed E-state index contributed by atoms with van der Waals surface area (Å²) in [6, 6.07) is 10.5. The van der Waals surface area contributed by atoms with E-state index in [0.29, 0.717) is 5.75 Å². The van der Waals surface area contributed by atoms with Gasteiger partial charge in [0.1, 0.15) is 19.0 Å². The molecule has 7 heteroatoms. The highest BCUT2D eigenvalue weighted by atomic mass is 79.9. The maximum Gasteiger partial charge on any atom is 0.307 e. The van der Waals surface area contributed by atoms with Crippen molar-refractivity contribution in [3.05, 3.63) is 52.9 Å². The molecule has 0 unspecified atom stereocenters. The first-order valence-electron chi connectivity index (χ1n) is 7.01. The molecule has 0 atom stereocenters. The molecule has 0 saturated carbocycles. The molecule has 0 aliphatic rings. The molecule has 1 heterocycles. The van der Waals surface area contributed by atoms with Crippen LogP contribution in [0.3, 0.4) is 0 Å². The van der Waals surface area contributed by atoms with Crippen molar-refractivity contribution < 1.29 is 23.5 Å². The van der Waals surface area contributed by atoms with Crippen LogP contribution in [-0.4, -0.2) is 31.6 Å². The number of furan rings is 1. The van der Waals surface area contributed by atoms with E-state index in [4.69, 9.17) is 13.9 Å². The van der Waals surface area contributed by atoms with E-state index in [1.807, 2.05) is 24.3 Å². The van der Waals surface area contributed by atoms with Crippen LogP contribution in [0.2, 0.25) is 0 Å². The maximum absolute atomic E-state index is 11.5. The third-order valence-corrected chi connectivity index (χ3v) is 3.32. The van der Waals surface area contributed by atoms with Crippen molar-refractivity contribution in [3.8, 4) is 5.75 Å². The van der Waals surface area contributed by atoms with Crippen LogP contribution in [0.25, 0.3) is 0 Å². The van der Waals surface area contributed by atoms with Crippen LogP contribution >= 0.6 is 15.9 Å². The Labute approximate surface area is 141 Å². The smallest absolute Gasteiger partial charge is 0.307 e. The van der Waals surface area contributed by atoms with Gasteiger partial charge in [0.2, 0.25) is 0 Å². The molecule has 0 aliphatic heterocycles. The largest absolute Gasteiger partial charge is 0.490 e. The average molecular weight is 382 g/mol. The Hall–Kier alpha value is -2.28. The molecule has 1 amide bonds. The molecule has 1 aromatic carbocycles. The topological polar surface area (TPSA) is 77.8 Å². The van der Waals surface area contributed by atoms with Crippen molar-refractivity contribution in [2.45, 2.75) is 6.42 Å². The summed E-state index contributed by atoms with van der Waals surface area (Å²) < 4.78 is 16.3. The van der Waals surface area contributed by atoms with Crippen molar-refractivity contribution in [2.75, 3.05) is 19.8 Å². The lowest BCUT2D eigenvalue weighted by Crippen LogP contribution is -2.26. The van der Waals surface area contributed by atoms with Crippen molar-refractivity contribution in [1.29, 1.82) is 0 Å². The lowest BCUT2D eigenvalue weighted by Gasteiger charge is -2.08. The van der Waals surface area contributed by atoms with Gasteiger partial charge in [-0.25, -0.2) is 0 Å². The molecule has 0 aliphatic carbocycles. The Morgan fingerprint density at radius 2 is 1.91 bits per heavy atom. The van der Waals surface area contributed by atoms with Crippen molar-refractivity contribution in [1.82, 2.24) is 5.32 Å². The molecular weight excluding hydrogens is 366 g/mol. The Kier molecular flexibility index (Phi) is 6.68. The third kappa shape index (κ3) is 6.15. The number of ether oxygens (including phenoxy) is 2. The SMILES string of the molecule is O=C(CCNC(=O)c1ccco1)OCCOc1ccc(Br)cc1. The second kappa shape index (κ2) is 8.99. The number of hydrogen-bond donors (Lipinski definition) is 1. The minimum Gasteiger partial charge on any atom is -0.490 e. The minimum absolute atomic E-state index is 0.0880. The van der Waals surface area contributed by atoms with Gasteiger partial charge in [-0.05, 0) is 36.4 Å². The van der Waals surface area contributed by atoms with Crippen LogP contribution in [0.4, 0.5) is 0 Å².